The van der Waals surface area contributed by atoms with Gasteiger partial charge in [0.2, 0.25) is 0 Å². The summed E-state index contributed by atoms with van der Waals surface area (Å²) in [5, 5.41) is 9.04. The standard InChI is InChI=1S/C18H14N2O3/c21-18(22)16-11-19-10-15(20-16)14-8-4-5-9-17(14)23-12-13-6-2-1-3-7-13/h1-11H,12H2,(H,21,22). The molecular formula is C18H14N2O3. The lowest BCUT2D eigenvalue weighted by Gasteiger charge is -2.11. The van der Waals surface area contributed by atoms with Crippen molar-refractivity contribution in [2.45, 2.75) is 6.61 Å². The summed E-state index contributed by atoms with van der Waals surface area (Å²) in [6.07, 6.45) is 2.75. The minimum absolute atomic E-state index is 0.0969. The summed E-state index contributed by atoms with van der Waals surface area (Å²) < 4.78 is 5.86. The van der Waals surface area contributed by atoms with Crippen LogP contribution in [0.15, 0.2) is 67.0 Å². The van der Waals surface area contributed by atoms with Crippen molar-refractivity contribution in [1.29, 1.82) is 0 Å². The van der Waals surface area contributed by atoms with Crippen molar-refractivity contribution in [3.05, 3.63) is 78.2 Å². The highest BCUT2D eigenvalue weighted by molar-refractivity contribution is 5.85. The Morgan fingerprint density at radius 1 is 1.00 bits per heavy atom. The fraction of sp³-hybridized carbons (Fsp3) is 0.0556. The molecule has 114 valence electrons. The zero-order valence-corrected chi connectivity index (χ0v) is 12.2. The van der Waals surface area contributed by atoms with E-state index in [1.54, 1.807) is 0 Å². The average molecular weight is 306 g/mol. The second-order valence-electron chi connectivity index (χ2n) is 4.87. The molecule has 0 saturated carbocycles. The third-order valence-corrected chi connectivity index (χ3v) is 3.25. The first kappa shape index (κ1) is 14.7. The van der Waals surface area contributed by atoms with E-state index in [0.717, 1.165) is 5.56 Å². The van der Waals surface area contributed by atoms with Crippen molar-refractivity contribution >= 4 is 5.97 Å². The lowest BCUT2D eigenvalue weighted by atomic mass is 10.1. The maximum atomic E-state index is 11.0. The largest absolute Gasteiger partial charge is 0.488 e. The van der Waals surface area contributed by atoms with Crippen LogP contribution in [0.1, 0.15) is 16.1 Å². The first-order valence-corrected chi connectivity index (χ1v) is 7.05. The van der Waals surface area contributed by atoms with E-state index < -0.39 is 5.97 Å². The number of hydrogen-bond donors (Lipinski definition) is 1. The number of hydrogen-bond acceptors (Lipinski definition) is 4. The molecule has 0 amide bonds. The summed E-state index contributed by atoms with van der Waals surface area (Å²) >= 11 is 0. The number of ether oxygens (including phenoxy) is 1. The summed E-state index contributed by atoms with van der Waals surface area (Å²) in [6.45, 7) is 0.421. The van der Waals surface area contributed by atoms with Gasteiger partial charge in [0.1, 0.15) is 12.4 Å². The molecule has 0 unspecified atom stereocenters. The molecule has 2 aromatic carbocycles. The van der Waals surface area contributed by atoms with Crippen molar-refractivity contribution in [3.63, 3.8) is 0 Å². The monoisotopic (exact) mass is 306 g/mol. The van der Waals surface area contributed by atoms with Gasteiger partial charge >= 0.3 is 5.97 Å². The van der Waals surface area contributed by atoms with Gasteiger partial charge in [-0.2, -0.15) is 0 Å². The zero-order chi connectivity index (χ0) is 16.1. The highest BCUT2D eigenvalue weighted by Crippen LogP contribution is 2.28. The number of benzene rings is 2. The Morgan fingerprint density at radius 2 is 1.74 bits per heavy atom. The number of carboxylic acid groups (broad SMARTS) is 1. The summed E-state index contributed by atoms with van der Waals surface area (Å²) in [5.41, 5.74) is 2.13. The van der Waals surface area contributed by atoms with E-state index >= 15 is 0 Å². The lowest BCUT2D eigenvalue weighted by Crippen LogP contribution is -2.03. The summed E-state index contributed by atoms with van der Waals surface area (Å²) in [7, 11) is 0. The highest BCUT2D eigenvalue weighted by atomic mass is 16.5. The molecule has 0 bridgehead atoms. The van der Waals surface area contributed by atoms with Crippen molar-refractivity contribution in [2.75, 3.05) is 0 Å². The smallest absolute Gasteiger partial charge is 0.356 e. The maximum Gasteiger partial charge on any atom is 0.356 e. The fourth-order valence-corrected chi connectivity index (χ4v) is 2.14. The average Bonchev–Trinajstić information content (AvgIpc) is 2.61. The lowest BCUT2D eigenvalue weighted by molar-refractivity contribution is 0.0690. The Bertz CT molecular complexity index is 819. The zero-order valence-electron chi connectivity index (χ0n) is 12.2. The molecule has 23 heavy (non-hydrogen) atoms. The van der Waals surface area contributed by atoms with Crippen LogP contribution in [0.5, 0.6) is 5.75 Å². The number of nitrogens with zero attached hydrogens (tertiary/aromatic N) is 2. The molecule has 1 aromatic heterocycles. The van der Waals surface area contributed by atoms with Gasteiger partial charge in [-0.05, 0) is 17.7 Å². The van der Waals surface area contributed by atoms with Gasteiger partial charge in [0, 0.05) is 5.56 Å². The number of carboxylic acids is 1. The molecule has 0 aliphatic carbocycles. The number of aromatic nitrogens is 2. The molecule has 0 aliphatic heterocycles. The highest BCUT2D eigenvalue weighted by Gasteiger charge is 2.11. The third kappa shape index (κ3) is 3.52. The van der Waals surface area contributed by atoms with Crippen LogP contribution in [-0.4, -0.2) is 21.0 Å². The predicted octanol–water partition coefficient (Wildman–Crippen LogP) is 3.42. The first-order chi connectivity index (χ1) is 11.2. The Kier molecular flexibility index (Phi) is 4.29. The Morgan fingerprint density at radius 3 is 2.52 bits per heavy atom. The van der Waals surface area contributed by atoms with Crippen LogP contribution < -0.4 is 4.74 Å². The molecule has 0 spiro atoms. The van der Waals surface area contributed by atoms with Gasteiger partial charge in [0.05, 0.1) is 18.1 Å². The predicted molar refractivity (Wildman–Crippen MR) is 85.2 cm³/mol. The van der Waals surface area contributed by atoms with Gasteiger partial charge in [0.25, 0.3) is 0 Å². The Labute approximate surface area is 133 Å². The molecular weight excluding hydrogens is 292 g/mol. The fourth-order valence-electron chi connectivity index (χ4n) is 2.14. The molecule has 0 aliphatic rings. The number of carbonyl (C=O) groups is 1. The number of aromatic carboxylic acids is 1. The SMILES string of the molecule is O=C(O)c1cncc(-c2ccccc2OCc2ccccc2)n1. The summed E-state index contributed by atoms with van der Waals surface area (Å²) in [4.78, 5) is 19.1. The second kappa shape index (κ2) is 6.70. The molecule has 0 radical (unpaired) electrons. The molecule has 5 heteroatoms. The Hall–Kier alpha value is -3.21. The van der Waals surface area contributed by atoms with Crippen molar-refractivity contribution in [3.8, 4) is 17.0 Å². The number of rotatable bonds is 5. The molecule has 3 aromatic rings. The minimum Gasteiger partial charge on any atom is -0.488 e. The van der Waals surface area contributed by atoms with E-state index in [4.69, 9.17) is 9.84 Å². The van der Waals surface area contributed by atoms with Crippen molar-refractivity contribution < 1.29 is 14.6 Å². The van der Waals surface area contributed by atoms with E-state index in [1.807, 2.05) is 54.6 Å². The van der Waals surface area contributed by atoms with Crippen LogP contribution in [0, 0.1) is 0 Å². The molecule has 0 atom stereocenters. The van der Waals surface area contributed by atoms with Crippen LogP contribution in [-0.2, 0) is 6.61 Å². The first-order valence-electron chi connectivity index (χ1n) is 7.05. The molecule has 1 N–H and O–H groups in total. The van der Waals surface area contributed by atoms with Gasteiger partial charge in [-0.15, -0.1) is 0 Å². The molecule has 0 fully saturated rings. The van der Waals surface area contributed by atoms with Crippen LogP contribution >= 0.6 is 0 Å². The van der Waals surface area contributed by atoms with E-state index in [-0.39, 0.29) is 5.69 Å². The van der Waals surface area contributed by atoms with E-state index in [1.165, 1.54) is 12.4 Å². The molecule has 0 saturated heterocycles. The van der Waals surface area contributed by atoms with Gasteiger partial charge < -0.3 is 9.84 Å². The minimum atomic E-state index is -1.11. The topological polar surface area (TPSA) is 72.3 Å². The summed E-state index contributed by atoms with van der Waals surface area (Å²) in [6, 6.07) is 17.2. The van der Waals surface area contributed by atoms with Crippen molar-refractivity contribution in [1.82, 2.24) is 9.97 Å². The van der Waals surface area contributed by atoms with Crippen LogP contribution in [0.2, 0.25) is 0 Å². The number of para-hydroxylation sites is 1. The van der Waals surface area contributed by atoms with Crippen LogP contribution in [0.4, 0.5) is 0 Å². The third-order valence-electron chi connectivity index (χ3n) is 3.25. The normalized spacial score (nSPS) is 10.3. The maximum absolute atomic E-state index is 11.0. The van der Waals surface area contributed by atoms with Crippen molar-refractivity contribution in [2.24, 2.45) is 0 Å². The molecule has 3 rings (SSSR count). The van der Waals surface area contributed by atoms with E-state index in [9.17, 15) is 4.79 Å². The van der Waals surface area contributed by atoms with Gasteiger partial charge in [-0.25, -0.2) is 9.78 Å². The van der Waals surface area contributed by atoms with Gasteiger partial charge in [-0.3, -0.25) is 4.98 Å². The second-order valence-corrected chi connectivity index (χ2v) is 4.87. The summed E-state index contributed by atoms with van der Waals surface area (Å²) in [5.74, 6) is -0.477. The molecule has 5 nitrogen and oxygen atoms in total. The van der Waals surface area contributed by atoms with E-state index in [0.29, 0.717) is 23.6 Å². The van der Waals surface area contributed by atoms with Crippen LogP contribution in [0.25, 0.3) is 11.3 Å². The van der Waals surface area contributed by atoms with Crippen LogP contribution in [0.3, 0.4) is 0 Å². The van der Waals surface area contributed by atoms with Gasteiger partial charge in [0.15, 0.2) is 5.69 Å². The Balaban J connectivity index is 1.89. The van der Waals surface area contributed by atoms with E-state index in [2.05, 4.69) is 9.97 Å². The molecule has 1 heterocycles. The quantitative estimate of drug-likeness (QED) is 0.782. The van der Waals surface area contributed by atoms with Gasteiger partial charge in [-0.1, -0.05) is 42.5 Å².